The first-order valence-electron chi connectivity index (χ1n) is 20.0. The van der Waals surface area contributed by atoms with Crippen molar-refractivity contribution in [1.29, 1.82) is 0 Å². The Morgan fingerprint density at radius 2 is 1.74 bits per heavy atom. The number of ether oxygens (including phenoxy) is 2. The lowest BCUT2D eigenvalue weighted by atomic mass is 10.0. The molecule has 0 unspecified atom stereocenters. The fraction of sp³-hybridized carbons (Fsp3) is 0.476. The summed E-state index contributed by atoms with van der Waals surface area (Å²) < 4.78 is 46.4. The highest BCUT2D eigenvalue weighted by molar-refractivity contribution is 7.91. The van der Waals surface area contributed by atoms with E-state index in [1.165, 1.54) is 4.90 Å². The Balaban J connectivity index is 1.14. The number of hydrogen-bond acceptors (Lipinski definition) is 11. The van der Waals surface area contributed by atoms with Crippen molar-refractivity contribution in [2.24, 2.45) is 5.92 Å². The molecule has 0 spiro atoms. The Labute approximate surface area is 336 Å². The minimum atomic E-state index is -3.92. The van der Waals surface area contributed by atoms with Crippen molar-refractivity contribution in [3.8, 4) is 17.3 Å². The average molecular weight is 813 g/mol. The quantitative estimate of drug-likeness (QED) is 0.205. The van der Waals surface area contributed by atoms with Gasteiger partial charge in [-0.15, -0.1) is 0 Å². The van der Waals surface area contributed by atoms with Gasteiger partial charge in [0.1, 0.15) is 40.4 Å². The molecule has 8 rings (SSSR count). The number of fused-ring (bicyclic) bond motifs is 5. The van der Waals surface area contributed by atoms with Crippen LogP contribution in [0.15, 0.2) is 71.2 Å². The molecule has 3 N–H and O–H groups in total. The number of allylic oxidation sites excluding steroid dienone is 1. The van der Waals surface area contributed by atoms with Gasteiger partial charge in [-0.2, -0.15) is 4.98 Å². The number of furan rings is 1. The Morgan fingerprint density at radius 1 is 0.983 bits per heavy atom. The first kappa shape index (κ1) is 39.3. The lowest BCUT2D eigenvalue weighted by molar-refractivity contribution is -0.141. The molecule has 4 aliphatic rings. The van der Waals surface area contributed by atoms with Crippen molar-refractivity contribution < 1.29 is 41.5 Å². The van der Waals surface area contributed by atoms with Crippen LogP contribution in [-0.4, -0.2) is 88.2 Å². The van der Waals surface area contributed by atoms with E-state index in [1.807, 2.05) is 66.7 Å². The van der Waals surface area contributed by atoms with Gasteiger partial charge < -0.3 is 29.4 Å². The molecule has 1 saturated heterocycles. The number of para-hydroxylation sites is 1. The molecular formula is C42H48N6O9S. The van der Waals surface area contributed by atoms with Crippen molar-refractivity contribution >= 4 is 55.9 Å². The molecule has 2 aromatic carbocycles. The number of carbonyl (C=O) groups excluding carboxylic acids is 4. The second kappa shape index (κ2) is 15.3. The van der Waals surface area contributed by atoms with Crippen molar-refractivity contribution in [2.45, 2.75) is 113 Å². The average Bonchev–Trinajstić information content (AvgIpc) is 4.08. The highest BCUT2D eigenvalue weighted by Gasteiger charge is 2.62. The van der Waals surface area contributed by atoms with Crippen LogP contribution in [0.4, 0.5) is 4.79 Å². The highest BCUT2D eigenvalue weighted by atomic mass is 32.2. The highest BCUT2D eigenvalue weighted by Crippen LogP contribution is 2.46. The number of nitrogens with zero attached hydrogens (tertiary/aromatic N) is 3. The maximum Gasteiger partial charge on any atom is 0.408 e. The largest absolute Gasteiger partial charge is 0.470 e. The summed E-state index contributed by atoms with van der Waals surface area (Å²) in [5, 5.41) is 5.76. The first-order chi connectivity index (χ1) is 27.7. The van der Waals surface area contributed by atoms with Crippen LogP contribution in [0.2, 0.25) is 0 Å². The molecule has 2 aromatic heterocycles. The number of hydrogen-bond donors (Lipinski definition) is 3. The second-order valence-electron chi connectivity index (χ2n) is 16.7. The summed E-state index contributed by atoms with van der Waals surface area (Å²) in [4.78, 5) is 67.1. The van der Waals surface area contributed by atoms with Gasteiger partial charge in [0, 0.05) is 23.3 Å². The van der Waals surface area contributed by atoms with Crippen LogP contribution in [0.25, 0.3) is 33.5 Å². The van der Waals surface area contributed by atoms with Crippen LogP contribution in [-0.2, 0) is 29.1 Å². The van der Waals surface area contributed by atoms with Crippen LogP contribution in [0.1, 0.15) is 78.6 Å². The molecule has 2 saturated carbocycles. The van der Waals surface area contributed by atoms with E-state index in [0.29, 0.717) is 48.2 Å². The predicted octanol–water partition coefficient (Wildman–Crippen LogP) is 5.29. The third-order valence-corrected chi connectivity index (χ3v) is 12.9. The number of amides is 4. The Bertz CT molecular complexity index is 2390. The smallest absolute Gasteiger partial charge is 0.408 e. The number of sulfonamides is 1. The molecule has 16 heteroatoms. The van der Waals surface area contributed by atoms with Crippen LogP contribution < -0.4 is 20.1 Å². The lowest BCUT2D eigenvalue weighted by Gasteiger charge is -2.30. The molecule has 2 aliphatic heterocycles. The summed E-state index contributed by atoms with van der Waals surface area (Å²) in [6.07, 6.45) is 6.44. The molecule has 4 heterocycles. The van der Waals surface area contributed by atoms with Crippen LogP contribution in [0.5, 0.6) is 5.88 Å². The van der Waals surface area contributed by atoms with E-state index < -0.39 is 74.3 Å². The van der Waals surface area contributed by atoms with E-state index in [0.717, 1.165) is 23.8 Å². The van der Waals surface area contributed by atoms with Crippen LogP contribution in [0.3, 0.4) is 0 Å². The molecule has 4 amide bonds. The second-order valence-corrected chi connectivity index (χ2v) is 18.6. The number of benzene rings is 2. The Hall–Kier alpha value is -5.51. The summed E-state index contributed by atoms with van der Waals surface area (Å²) >= 11 is 0. The molecule has 306 valence electrons. The van der Waals surface area contributed by atoms with E-state index in [-0.39, 0.29) is 31.7 Å². The van der Waals surface area contributed by atoms with Gasteiger partial charge in [-0.05, 0) is 71.4 Å². The summed E-state index contributed by atoms with van der Waals surface area (Å²) in [6, 6.07) is 14.6. The number of carbonyl (C=O) groups is 4. The molecule has 0 bridgehead atoms. The summed E-state index contributed by atoms with van der Waals surface area (Å²) in [7, 11) is -3.92. The number of alkyl carbamates (subject to hydrolysis) is 1. The Morgan fingerprint density at radius 3 is 2.50 bits per heavy atom. The van der Waals surface area contributed by atoms with Crippen molar-refractivity contribution in [1.82, 2.24) is 30.2 Å². The van der Waals surface area contributed by atoms with Gasteiger partial charge in [0.05, 0.1) is 11.8 Å². The van der Waals surface area contributed by atoms with Gasteiger partial charge in [0.25, 0.3) is 11.8 Å². The van der Waals surface area contributed by atoms with E-state index in [2.05, 4.69) is 15.4 Å². The van der Waals surface area contributed by atoms with E-state index in [9.17, 15) is 27.6 Å². The van der Waals surface area contributed by atoms with Crippen LogP contribution >= 0.6 is 0 Å². The lowest BCUT2D eigenvalue weighted by Crippen LogP contribution is -2.58. The van der Waals surface area contributed by atoms with Gasteiger partial charge in [-0.1, -0.05) is 67.5 Å². The summed E-state index contributed by atoms with van der Waals surface area (Å²) in [6.45, 7) is 5.10. The number of aromatic nitrogens is 2. The third kappa shape index (κ3) is 8.24. The minimum absolute atomic E-state index is 0.0122. The maximum absolute atomic E-state index is 14.7. The molecule has 5 atom stereocenters. The zero-order valence-electron chi connectivity index (χ0n) is 32.7. The molecule has 4 aromatic rings. The molecular weight excluding hydrogens is 765 g/mol. The SMILES string of the molecule is CC(C)(C)OC(=O)N[C@@H]1CCCCC/C=C\[C@@H]2C[C@@]2(C(=O)NS(=O)(=O)C2CC2)NC(=O)[C@@H]2C[C@H](Oc3nc(-c4ccccc4)nc4c3oc3ccccc34)CN2C1=O. The first-order valence-corrected chi connectivity index (χ1v) is 21.5. The predicted molar refractivity (Wildman–Crippen MR) is 214 cm³/mol. The van der Waals surface area contributed by atoms with Crippen molar-refractivity contribution in [2.75, 3.05) is 6.54 Å². The Kier molecular flexibility index (Phi) is 10.4. The molecule has 15 nitrogen and oxygen atoms in total. The molecule has 3 fully saturated rings. The number of nitrogens with one attached hydrogen (secondary N) is 3. The van der Waals surface area contributed by atoms with Crippen LogP contribution in [0, 0.1) is 5.92 Å². The zero-order valence-corrected chi connectivity index (χ0v) is 33.5. The zero-order chi connectivity index (χ0) is 40.8. The summed E-state index contributed by atoms with van der Waals surface area (Å²) in [5.41, 5.74) is -0.212. The van der Waals surface area contributed by atoms with Gasteiger partial charge in [0.15, 0.2) is 5.82 Å². The van der Waals surface area contributed by atoms with Gasteiger partial charge in [-0.25, -0.2) is 18.2 Å². The van der Waals surface area contributed by atoms with Crippen molar-refractivity contribution in [3.05, 3.63) is 66.7 Å². The van der Waals surface area contributed by atoms with Gasteiger partial charge in [-0.3, -0.25) is 19.1 Å². The van der Waals surface area contributed by atoms with Gasteiger partial charge >= 0.3 is 6.09 Å². The molecule has 0 radical (unpaired) electrons. The third-order valence-electron chi connectivity index (χ3n) is 11.0. The number of rotatable bonds is 7. The van der Waals surface area contributed by atoms with Gasteiger partial charge in [0.2, 0.25) is 27.4 Å². The fourth-order valence-corrected chi connectivity index (χ4v) is 9.18. The topological polar surface area (TPSA) is 199 Å². The molecule has 58 heavy (non-hydrogen) atoms. The normalized spacial score (nSPS) is 26.1. The maximum atomic E-state index is 14.7. The fourth-order valence-electron chi connectivity index (χ4n) is 7.82. The molecule has 2 aliphatic carbocycles. The standard InChI is InChI=1S/C42H48N6O9S/c1-41(2,3)57-40(52)43-30-18-11-6-4-5-10-16-26-23-42(26,39(51)47-58(53,54)28-20-21-28)46-36(49)31-22-27(24-48(31)38(30)50)55-37-34-33(29-17-12-13-19-32(29)56-34)44-35(45-37)25-14-8-7-9-15-25/h7-10,12-17,19,26-28,30-31H,4-6,11,18,20-24H2,1-3H3,(H,43,52)(H,46,49)(H,47,51)/b16-10-/t26-,27+,30-,31+,42-/m1/s1. The van der Waals surface area contributed by atoms with E-state index >= 15 is 0 Å². The van der Waals surface area contributed by atoms with E-state index in [4.69, 9.17) is 23.9 Å². The monoisotopic (exact) mass is 812 g/mol. The van der Waals surface area contributed by atoms with E-state index in [1.54, 1.807) is 20.8 Å². The minimum Gasteiger partial charge on any atom is -0.470 e. The summed E-state index contributed by atoms with van der Waals surface area (Å²) in [5.74, 6) is -1.91. The van der Waals surface area contributed by atoms with Crippen molar-refractivity contribution in [3.63, 3.8) is 0 Å².